The number of aromatic nitrogens is 3. The Kier molecular flexibility index (Phi) is 6.50. The average Bonchev–Trinajstić information content (AvgIpc) is 2.99. The third kappa shape index (κ3) is 4.97. The first-order valence-electron chi connectivity index (χ1n) is 7.88. The summed E-state index contributed by atoms with van der Waals surface area (Å²) in [6, 6.07) is 15.5. The molecule has 7 heteroatoms. The van der Waals surface area contributed by atoms with Crippen molar-refractivity contribution in [1.29, 1.82) is 0 Å². The van der Waals surface area contributed by atoms with Crippen LogP contribution >= 0.6 is 35.0 Å². The highest BCUT2D eigenvalue weighted by Gasteiger charge is 2.10. The zero-order chi connectivity index (χ0) is 18.4. The molecule has 0 aliphatic heterocycles. The monoisotopic (exact) mass is 402 g/mol. The standard InChI is InChI=1S/C19H16Cl2N4S/c1-14-23-24-19(26-13-16-9-10-17(20)12-18(16)21)25(14)22-11-5-8-15-6-3-2-4-7-15/h2-12H,13H2,1H3/b8-5-,22-11-. The molecule has 1 heterocycles. The van der Waals surface area contributed by atoms with Crippen LogP contribution in [-0.2, 0) is 5.75 Å². The van der Waals surface area contributed by atoms with Crippen LogP contribution in [0.4, 0.5) is 0 Å². The molecule has 1 aromatic heterocycles. The van der Waals surface area contributed by atoms with Crippen LogP contribution in [0.15, 0.2) is 64.9 Å². The molecule has 0 radical (unpaired) electrons. The van der Waals surface area contributed by atoms with Gasteiger partial charge in [0.15, 0.2) is 5.82 Å². The van der Waals surface area contributed by atoms with Crippen LogP contribution in [0.2, 0.25) is 10.0 Å². The van der Waals surface area contributed by atoms with E-state index in [2.05, 4.69) is 15.3 Å². The third-order valence-corrected chi connectivity index (χ3v) is 5.05. The Morgan fingerprint density at radius 3 is 2.69 bits per heavy atom. The fraction of sp³-hybridized carbons (Fsp3) is 0.105. The average molecular weight is 403 g/mol. The second-order valence-corrected chi connectivity index (χ2v) is 7.19. The normalized spacial score (nSPS) is 11.7. The van der Waals surface area contributed by atoms with Gasteiger partial charge in [-0.3, -0.25) is 0 Å². The number of halogens is 2. The second kappa shape index (κ2) is 9.03. The van der Waals surface area contributed by atoms with Crippen molar-refractivity contribution in [3.05, 3.63) is 81.6 Å². The van der Waals surface area contributed by atoms with Gasteiger partial charge < -0.3 is 0 Å². The van der Waals surface area contributed by atoms with Gasteiger partial charge >= 0.3 is 0 Å². The highest BCUT2D eigenvalue weighted by atomic mass is 35.5. The largest absolute Gasteiger partial charge is 0.212 e. The van der Waals surface area contributed by atoms with E-state index in [4.69, 9.17) is 23.2 Å². The zero-order valence-electron chi connectivity index (χ0n) is 14.0. The first-order valence-corrected chi connectivity index (χ1v) is 9.62. The number of allylic oxidation sites excluding steroid dienone is 1. The summed E-state index contributed by atoms with van der Waals surface area (Å²) in [5.74, 6) is 1.38. The number of thioether (sulfide) groups is 1. The molecule has 0 atom stereocenters. The number of aryl methyl sites for hydroxylation is 1. The highest BCUT2D eigenvalue weighted by molar-refractivity contribution is 7.98. The Morgan fingerprint density at radius 1 is 1.12 bits per heavy atom. The molecule has 3 rings (SSSR count). The van der Waals surface area contributed by atoms with Crippen LogP contribution < -0.4 is 0 Å². The minimum atomic E-state index is 0.623. The molecule has 0 unspecified atom stereocenters. The third-order valence-electron chi connectivity index (χ3n) is 3.50. The van der Waals surface area contributed by atoms with Crippen LogP contribution in [-0.4, -0.2) is 21.1 Å². The van der Waals surface area contributed by atoms with Gasteiger partial charge in [0.1, 0.15) is 0 Å². The second-order valence-electron chi connectivity index (χ2n) is 5.40. The SMILES string of the molecule is Cc1nnc(SCc2ccc(Cl)cc2Cl)n1/N=C\C=C/c1ccccc1. The van der Waals surface area contributed by atoms with Crippen LogP contribution in [0.1, 0.15) is 17.0 Å². The molecule has 0 spiro atoms. The number of benzene rings is 2. The summed E-state index contributed by atoms with van der Waals surface area (Å²) >= 11 is 13.7. The van der Waals surface area contributed by atoms with E-state index >= 15 is 0 Å². The number of nitrogens with zero attached hydrogens (tertiary/aromatic N) is 4. The van der Waals surface area contributed by atoms with E-state index in [0.717, 1.165) is 17.0 Å². The van der Waals surface area contributed by atoms with Crippen molar-refractivity contribution in [3.63, 3.8) is 0 Å². The smallest absolute Gasteiger partial charge is 0.192 e. The minimum Gasteiger partial charge on any atom is -0.192 e. The molecule has 0 aliphatic rings. The fourth-order valence-corrected chi connectivity index (χ4v) is 3.66. The van der Waals surface area contributed by atoms with E-state index < -0.39 is 0 Å². The lowest BCUT2D eigenvalue weighted by molar-refractivity contribution is 0.744. The number of hydrogen-bond donors (Lipinski definition) is 0. The first kappa shape index (κ1) is 18.7. The maximum Gasteiger partial charge on any atom is 0.212 e. The molecule has 0 saturated carbocycles. The number of hydrogen-bond acceptors (Lipinski definition) is 4. The van der Waals surface area contributed by atoms with Crippen molar-refractivity contribution in [1.82, 2.24) is 14.9 Å². The lowest BCUT2D eigenvalue weighted by Crippen LogP contribution is -1.95. The summed E-state index contributed by atoms with van der Waals surface area (Å²) in [5.41, 5.74) is 2.10. The Labute approximate surface area is 166 Å². The summed E-state index contributed by atoms with van der Waals surface area (Å²) in [6.45, 7) is 1.87. The molecule has 0 saturated heterocycles. The van der Waals surface area contributed by atoms with Gasteiger partial charge in [0.25, 0.3) is 0 Å². The van der Waals surface area contributed by atoms with Gasteiger partial charge in [-0.1, -0.05) is 77.4 Å². The van der Waals surface area contributed by atoms with Crippen molar-refractivity contribution < 1.29 is 0 Å². The van der Waals surface area contributed by atoms with Crippen LogP contribution in [0, 0.1) is 6.92 Å². The van der Waals surface area contributed by atoms with Crippen LogP contribution in [0.3, 0.4) is 0 Å². The minimum absolute atomic E-state index is 0.623. The predicted octanol–water partition coefficient (Wildman–Crippen LogP) is 5.73. The molecule has 0 aliphatic carbocycles. The fourth-order valence-electron chi connectivity index (χ4n) is 2.17. The predicted molar refractivity (Wildman–Crippen MR) is 110 cm³/mol. The lowest BCUT2D eigenvalue weighted by Gasteiger charge is -2.04. The molecule has 3 aromatic rings. The summed E-state index contributed by atoms with van der Waals surface area (Å²) in [4.78, 5) is 0. The topological polar surface area (TPSA) is 43.1 Å². The zero-order valence-corrected chi connectivity index (χ0v) is 16.3. The molecule has 2 aromatic carbocycles. The first-order chi connectivity index (χ1) is 12.6. The van der Waals surface area contributed by atoms with Crippen LogP contribution in [0.5, 0.6) is 0 Å². The van der Waals surface area contributed by atoms with Gasteiger partial charge in [0.2, 0.25) is 5.16 Å². The summed E-state index contributed by atoms with van der Waals surface area (Å²) in [6.07, 6.45) is 5.60. The maximum atomic E-state index is 6.22. The Bertz CT molecular complexity index is 936. The van der Waals surface area contributed by atoms with Crippen molar-refractivity contribution in [2.45, 2.75) is 17.8 Å². The summed E-state index contributed by atoms with van der Waals surface area (Å²) in [5, 5.41) is 14.7. The van der Waals surface area contributed by atoms with Crippen molar-refractivity contribution in [3.8, 4) is 0 Å². The number of rotatable bonds is 6. The van der Waals surface area contributed by atoms with Crippen molar-refractivity contribution in [2.75, 3.05) is 0 Å². The molecule has 26 heavy (non-hydrogen) atoms. The van der Waals surface area contributed by atoms with Gasteiger partial charge in [-0.25, -0.2) is 0 Å². The Balaban J connectivity index is 1.68. The van der Waals surface area contributed by atoms with E-state index in [-0.39, 0.29) is 0 Å². The van der Waals surface area contributed by atoms with E-state index in [0.29, 0.717) is 21.0 Å². The van der Waals surface area contributed by atoms with Crippen molar-refractivity contribution in [2.24, 2.45) is 5.10 Å². The van der Waals surface area contributed by atoms with Gasteiger partial charge in [0.05, 0.1) is 0 Å². The molecule has 4 nitrogen and oxygen atoms in total. The molecule has 0 bridgehead atoms. The lowest BCUT2D eigenvalue weighted by atomic mass is 10.2. The summed E-state index contributed by atoms with van der Waals surface area (Å²) in [7, 11) is 0. The molecular weight excluding hydrogens is 387 g/mol. The summed E-state index contributed by atoms with van der Waals surface area (Å²) < 4.78 is 1.71. The quantitative estimate of drug-likeness (QED) is 0.390. The molecule has 132 valence electrons. The van der Waals surface area contributed by atoms with E-state index in [1.54, 1.807) is 17.0 Å². The molecule has 0 N–H and O–H groups in total. The van der Waals surface area contributed by atoms with Gasteiger partial charge in [-0.15, -0.1) is 10.2 Å². The Morgan fingerprint density at radius 2 is 1.92 bits per heavy atom. The highest BCUT2D eigenvalue weighted by Crippen LogP contribution is 2.28. The van der Waals surface area contributed by atoms with Gasteiger partial charge in [-0.05, 0) is 36.3 Å². The van der Waals surface area contributed by atoms with Gasteiger partial charge in [-0.2, -0.15) is 9.78 Å². The van der Waals surface area contributed by atoms with Crippen molar-refractivity contribution >= 4 is 47.3 Å². The molecule has 0 amide bonds. The van der Waals surface area contributed by atoms with Gasteiger partial charge in [0, 0.05) is 22.0 Å². The molecule has 0 fully saturated rings. The van der Waals surface area contributed by atoms with E-state index in [9.17, 15) is 0 Å². The molecular formula is C19H16Cl2N4S. The van der Waals surface area contributed by atoms with E-state index in [1.807, 2.05) is 61.5 Å². The van der Waals surface area contributed by atoms with E-state index in [1.165, 1.54) is 11.8 Å². The Hall–Kier alpha value is -2.08. The van der Waals surface area contributed by atoms with Crippen LogP contribution in [0.25, 0.3) is 6.08 Å². The maximum absolute atomic E-state index is 6.22.